The lowest BCUT2D eigenvalue weighted by atomic mass is 9.97. The fourth-order valence-electron chi connectivity index (χ4n) is 3.56. The molecular formula is C18H25N3O3. The SMILES string of the molecule is COc1ccc(C(=O)N2CCN(C(=O)C3(N)CCCC3)CC2)cc1. The molecular weight excluding hydrogens is 306 g/mol. The summed E-state index contributed by atoms with van der Waals surface area (Å²) in [5.41, 5.74) is 6.22. The summed E-state index contributed by atoms with van der Waals surface area (Å²) in [6.07, 6.45) is 3.60. The van der Waals surface area contributed by atoms with Crippen LogP contribution >= 0.6 is 0 Å². The highest BCUT2D eigenvalue weighted by atomic mass is 16.5. The van der Waals surface area contributed by atoms with Crippen LogP contribution in [-0.2, 0) is 4.79 Å². The summed E-state index contributed by atoms with van der Waals surface area (Å²) >= 11 is 0. The van der Waals surface area contributed by atoms with Crippen LogP contribution in [0, 0.1) is 0 Å². The Balaban J connectivity index is 1.58. The first-order valence-corrected chi connectivity index (χ1v) is 8.55. The molecule has 0 radical (unpaired) electrons. The zero-order valence-corrected chi connectivity index (χ0v) is 14.2. The third-order valence-electron chi connectivity index (χ3n) is 5.11. The van der Waals surface area contributed by atoms with E-state index < -0.39 is 5.54 Å². The van der Waals surface area contributed by atoms with Crippen molar-refractivity contribution in [2.24, 2.45) is 5.73 Å². The molecule has 2 aliphatic rings. The second kappa shape index (κ2) is 6.81. The number of nitrogens with two attached hydrogens (primary N) is 1. The van der Waals surface area contributed by atoms with E-state index in [1.807, 2.05) is 4.90 Å². The van der Waals surface area contributed by atoms with Crippen molar-refractivity contribution in [1.82, 2.24) is 9.80 Å². The van der Waals surface area contributed by atoms with Gasteiger partial charge in [0.05, 0.1) is 12.6 Å². The standard InChI is InChI=1S/C18H25N3O3/c1-24-15-6-4-14(5-7-15)16(22)20-10-12-21(13-11-20)17(23)18(19)8-2-3-9-18/h4-7H,2-3,8-13,19H2,1H3. The zero-order chi connectivity index (χ0) is 17.2. The topological polar surface area (TPSA) is 75.9 Å². The minimum atomic E-state index is -0.678. The maximum atomic E-state index is 12.6. The summed E-state index contributed by atoms with van der Waals surface area (Å²) in [6.45, 7) is 2.21. The van der Waals surface area contributed by atoms with E-state index in [0.29, 0.717) is 31.7 Å². The predicted molar refractivity (Wildman–Crippen MR) is 90.9 cm³/mol. The molecule has 1 saturated carbocycles. The number of ether oxygens (including phenoxy) is 1. The van der Waals surface area contributed by atoms with E-state index in [9.17, 15) is 9.59 Å². The lowest BCUT2D eigenvalue weighted by molar-refractivity contribution is -0.138. The Labute approximate surface area is 142 Å². The van der Waals surface area contributed by atoms with Crippen LogP contribution in [0.1, 0.15) is 36.0 Å². The van der Waals surface area contributed by atoms with Gasteiger partial charge in [0, 0.05) is 31.7 Å². The number of hydrogen-bond acceptors (Lipinski definition) is 4. The van der Waals surface area contributed by atoms with Gasteiger partial charge in [0.25, 0.3) is 5.91 Å². The van der Waals surface area contributed by atoms with E-state index >= 15 is 0 Å². The lowest BCUT2D eigenvalue weighted by Crippen LogP contribution is -2.59. The van der Waals surface area contributed by atoms with Gasteiger partial charge < -0.3 is 20.3 Å². The summed E-state index contributed by atoms with van der Waals surface area (Å²) in [5, 5.41) is 0. The molecule has 6 heteroatoms. The molecule has 130 valence electrons. The van der Waals surface area contributed by atoms with Gasteiger partial charge in [-0.25, -0.2) is 0 Å². The molecule has 6 nitrogen and oxygen atoms in total. The predicted octanol–water partition coefficient (Wildman–Crippen LogP) is 1.25. The van der Waals surface area contributed by atoms with Crippen molar-refractivity contribution in [1.29, 1.82) is 0 Å². The van der Waals surface area contributed by atoms with Gasteiger partial charge in [0.15, 0.2) is 0 Å². The summed E-state index contributed by atoms with van der Waals surface area (Å²) < 4.78 is 5.11. The molecule has 1 heterocycles. The largest absolute Gasteiger partial charge is 0.497 e. The normalized spacial score (nSPS) is 20.1. The zero-order valence-electron chi connectivity index (χ0n) is 14.2. The van der Waals surface area contributed by atoms with E-state index in [0.717, 1.165) is 31.4 Å². The quantitative estimate of drug-likeness (QED) is 0.904. The molecule has 2 fully saturated rings. The van der Waals surface area contributed by atoms with Crippen LogP contribution in [-0.4, -0.2) is 60.4 Å². The minimum Gasteiger partial charge on any atom is -0.497 e. The number of nitrogens with zero attached hydrogens (tertiary/aromatic N) is 2. The van der Waals surface area contributed by atoms with E-state index in [1.165, 1.54) is 0 Å². The van der Waals surface area contributed by atoms with Crippen molar-refractivity contribution in [3.05, 3.63) is 29.8 Å². The molecule has 1 aromatic rings. The van der Waals surface area contributed by atoms with Crippen molar-refractivity contribution in [3.8, 4) is 5.75 Å². The van der Waals surface area contributed by atoms with E-state index in [2.05, 4.69) is 0 Å². The number of carbonyl (C=O) groups is 2. The van der Waals surface area contributed by atoms with Crippen LogP contribution in [0.5, 0.6) is 5.75 Å². The molecule has 1 aliphatic carbocycles. The highest BCUT2D eigenvalue weighted by Crippen LogP contribution is 2.29. The highest BCUT2D eigenvalue weighted by Gasteiger charge is 2.40. The molecule has 24 heavy (non-hydrogen) atoms. The van der Waals surface area contributed by atoms with Gasteiger partial charge in [-0.3, -0.25) is 9.59 Å². The Kier molecular flexibility index (Phi) is 4.76. The average Bonchev–Trinajstić information content (AvgIpc) is 3.08. The molecule has 1 aromatic carbocycles. The fourth-order valence-corrected chi connectivity index (χ4v) is 3.56. The highest BCUT2D eigenvalue weighted by molar-refractivity contribution is 5.94. The van der Waals surface area contributed by atoms with Crippen molar-refractivity contribution < 1.29 is 14.3 Å². The molecule has 0 spiro atoms. The van der Waals surface area contributed by atoms with E-state index in [-0.39, 0.29) is 11.8 Å². The summed E-state index contributed by atoms with van der Waals surface area (Å²) in [7, 11) is 1.60. The van der Waals surface area contributed by atoms with Crippen LogP contribution in [0.2, 0.25) is 0 Å². The van der Waals surface area contributed by atoms with Crippen LogP contribution < -0.4 is 10.5 Å². The van der Waals surface area contributed by atoms with Gasteiger partial charge in [-0.1, -0.05) is 12.8 Å². The molecule has 3 rings (SSSR count). The summed E-state index contributed by atoms with van der Waals surface area (Å²) in [4.78, 5) is 28.8. The first-order chi connectivity index (χ1) is 11.5. The number of hydrogen-bond donors (Lipinski definition) is 1. The summed E-state index contributed by atoms with van der Waals surface area (Å²) in [6, 6.07) is 7.11. The van der Waals surface area contributed by atoms with E-state index in [4.69, 9.17) is 10.5 Å². The molecule has 2 N–H and O–H groups in total. The number of carbonyl (C=O) groups excluding carboxylic acids is 2. The minimum absolute atomic E-state index is 0.00641. The fraction of sp³-hybridized carbons (Fsp3) is 0.556. The van der Waals surface area contributed by atoms with Gasteiger partial charge in [-0.2, -0.15) is 0 Å². The monoisotopic (exact) mass is 331 g/mol. The molecule has 0 atom stereocenters. The van der Waals surface area contributed by atoms with Gasteiger partial charge in [-0.15, -0.1) is 0 Å². The van der Waals surface area contributed by atoms with E-state index in [1.54, 1.807) is 36.3 Å². The van der Waals surface area contributed by atoms with Crippen molar-refractivity contribution in [2.75, 3.05) is 33.3 Å². The second-order valence-electron chi connectivity index (χ2n) is 6.68. The number of amides is 2. The van der Waals surface area contributed by atoms with Crippen molar-refractivity contribution in [3.63, 3.8) is 0 Å². The third-order valence-corrected chi connectivity index (χ3v) is 5.11. The van der Waals surface area contributed by atoms with Gasteiger partial charge in [0.1, 0.15) is 5.75 Å². The van der Waals surface area contributed by atoms with Crippen molar-refractivity contribution >= 4 is 11.8 Å². The number of piperazine rings is 1. The molecule has 1 saturated heterocycles. The van der Waals surface area contributed by atoms with Crippen LogP contribution in [0.25, 0.3) is 0 Å². The number of benzene rings is 1. The maximum Gasteiger partial charge on any atom is 0.253 e. The van der Waals surface area contributed by atoms with Crippen LogP contribution in [0.3, 0.4) is 0 Å². The Morgan fingerprint density at radius 2 is 1.54 bits per heavy atom. The third kappa shape index (κ3) is 3.24. The van der Waals surface area contributed by atoms with Gasteiger partial charge >= 0.3 is 0 Å². The smallest absolute Gasteiger partial charge is 0.253 e. The first kappa shape index (κ1) is 16.8. The second-order valence-corrected chi connectivity index (χ2v) is 6.68. The maximum absolute atomic E-state index is 12.6. The van der Waals surface area contributed by atoms with Crippen LogP contribution in [0.4, 0.5) is 0 Å². The summed E-state index contributed by atoms with van der Waals surface area (Å²) in [5.74, 6) is 0.774. The Morgan fingerprint density at radius 1 is 1.00 bits per heavy atom. The molecule has 0 bridgehead atoms. The molecule has 0 aromatic heterocycles. The van der Waals surface area contributed by atoms with Crippen LogP contribution in [0.15, 0.2) is 24.3 Å². The Bertz CT molecular complexity index is 600. The lowest BCUT2D eigenvalue weighted by Gasteiger charge is -2.38. The Morgan fingerprint density at radius 3 is 2.08 bits per heavy atom. The molecule has 0 unspecified atom stereocenters. The van der Waals surface area contributed by atoms with Gasteiger partial charge in [-0.05, 0) is 37.1 Å². The Hall–Kier alpha value is -2.08. The molecule has 1 aliphatic heterocycles. The average molecular weight is 331 g/mol. The number of rotatable bonds is 3. The van der Waals surface area contributed by atoms with Crippen molar-refractivity contribution in [2.45, 2.75) is 31.2 Å². The first-order valence-electron chi connectivity index (χ1n) is 8.55. The van der Waals surface area contributed by atoms with Gasteiger partial charge in [0.2, 0.25) is 5.91 Å². The number of methoxy groups -OCH3 is 1. The molecule has 2 amide bonds.